The number of carbonyl (C=O) groups is 1. The van der Waals surface area contributed by atoms with Crippen molar-refractivity contribution < 1.29 is 9.18 Å². The molecule has 32 heavy (non-hydrogen) atoms. The summed E-state index contributed by atoms with van der Waals surface area (Å²) in [6, 6.07) is 19.7. The Balaban J connectivity index is 1.58. The van der Waals surface area contributed by atoms with E-state index in [9.17, 15) is 14.4 Å². The van der Waals surface area contributed by atoms with Crippen LogP contribution in [-0.4, -0.2) is 15.5 Å². The zero-order valence-electron chi connectivity index (χ0n) is 17.5. The van der Waals surface area contributed by atoms with Gasteiger partial charge in [0.1, 0.15) is 17.5 Å². The number of nitrogens with one attached hydrogen (secondary N) is 1. The molecule has 0 aliphatic heterocycles. The van der Waals surface area contributed by atoms with E-state index in [1.807, 2.05) is 66.3 Å². The third-order valence-corrected chi connectivity index (χ3v) is 5.77. The maximum absolute atomic E-state index is 13.3. The molecule has 5 nitrogen and oxygen atoms in total. The van der Waals surface area contributed by atoms with E-state index in [2.05, 4.69) is 10.3 Å². The number of rotatable bonds is 5. The number of benzene rings is 2. The van der Waals surface area contributed by atoms with Crippen LogP contribution in [0.5, 0.6) is 0 Å². The van der Waals surface area contributed by atoms with E-state index in [1.54, 1.807) is 18.2 Å². The van der Waals surface area contributed by atoms with E-state index in [-0.39, 0.29) is 11.4 Å². The lowest BCUT2D eigenvalue weighted by atomic mass is 10.1. The highest BCUT2D eigenvalue weighted by atomic mass is 32.1. The largest absolute Gasteiger partial charge is 0.318 e. The van der Waals surface area contributed by atoms with Gasteiger partial charge in [0.25, 0.3) is 5.91 Å². The number of thiazole rings is 1. The van der Waals surface area contributed by atoms with Crippen molar-refractivity contribution in [1.29, 1.82) is 5.26 Å². The van der Waals surface area contributed by atoms with Crippen LogP contribution in [0.25, 0.3) is 23.0 Å². The molecule has 0 aliphatic carbocycles. The lowest BCUT2D eigenvalue weighted by molar-refractivity contribution is -0.112. The third kappa shape index (κ3) is 4.36. The number of amides is 1. The van der Waals surface area contributed by atoms with Gasteiger partial charge in [0.15, 0.2) is 5.13 Å². The van der Waals surface area contributed by atoms with Crippen LogP contribution in [0, 0.1) is 31.0 Å². The zero-order chi connectivity index (χ0) is 22.7. The second kappa shape index (κ2) is 9.00. The van der Waals surface area contributed by atoms with Crippen LogP contribution in [-0.2, 0) is 4.79 Å². The summed E-state index contributed by atoms with van der Waals surface area (Å²) in [4.78, 5) is 17.2. The molecule has 1 N–H and O–H groups in total. The maximum atomic E-state index is 13.3. The molecule has 2 heterocycles. The molecule has 0 spiro atoms. The predicted molar refractivity (Wildman–Crippen MR) is 125 cm³/mol. The van der Waals surface area contributed by atoms with Crippen LogP contribution in [0.3, 0.4) is 0 Å². The summed E-state index contributed by atoms with van der Waals surface area (Å²) in [7, 11) is 0. The summed E-state index contributed by atoms with van der Waals surface area (Å²) in [5.41, 5.74) is 4.98. The fourth-order valence-electron chi connectivity index (χ4n) is 3.46. The Morgan fingerprint density at radius 3 is 2.56 bits per heavy atom. The highest BCUT2D eigenvalue weighted by Gasteiger charge is 2.15. The summed E-state index contributed by atoms with van der Waals surface area (Å²) in [5.74, 6) is -0.828. The van der Waals surface area contributed by atoms with Crippen molar-refractivity contribution >= 4 is 28.5 Å². The molecule has 4 rings (SSSR count). The van der Waals surface area contributed by atoms with Crippen LogP contribution in [0.15, 0.2) is 71.6 Å². The van der Waals surface area contributed by atoms with Gasteiger partial charge in [0, 0.05) is 28.0 Å². The smallest absolute Gasteiger partial charge is 0.268 e. The van der Waals surface area contributed by atoms with Crippen LogP contribution >= 0.6 is 11.3 Å². The van der Waals surface area contributed by atoms with Crippen molar-refractivity contribution in [1.82, 2.24) is 9.55 Å². The molecule has 0 unspecified atom stereocenters. The van der Waals surface area contributed by atoms with Gasteiger partial charge in [-0.3, -0.25) is 10.1 Å². The number of aryl methyl sites for hydroxylation is 1. The Kier molecular flexibility index (Phi) is 5.97. The number of nitrogens with zero attached hydrogens (tertiary/aromatic N) is 3. The van der Waals surface area contributed by atoms with Gasteiger partial charge >= 0.3 is 0 Å². The van der Waals surface area contributed by atoms with E-state index in [0.717, 1.165) is 33.9 Å². The summed E-state index contributed by atoms with van der Waals surface area (Å²) in [6.45, 7) is 3.81. The van der Waals surface area contributed by atoms with E-state index in [0.29, 0.717) is 5.13 Å². The molecule has 7 heteroatoms. The Hall–Kier alpha value is -4.02. The number of nitriles is 1. The topological polar surface area (TPSA) is 70.7 Å². The predicted octanol–water partition coefficient (Wildman–Crippen LogP) is 5.90. The fraction of sp³-hybridized carbons (Fsp3) is 0.0800. The van der Waals surface area contributed by atoms with E-state index < -0.39 is 5.91 Å². The average molecular weight is 443 g/mol. The van der Waals surface area contributed by atoms with Crippen molar-refractivity contribution in [2.24, 2.45) is 0 Å². The summed E-state index contributed by atoms with van der Waals surface area (Å²) < 4.78 is 15.2. The number of hydrogen-bond donors (Lipinski definition) is 1. The molecule has 1 amide bonds. The van der Waals surface area contributed by atoms with Crippen molar-refractivity contribution in [2.45, 2.75) is 13.8 Å². The highest BCUT2D eigenvalue weighted by Crippen LogP contribution is 2.26. The van der Waals surface area contributed by atoms with Gasteiger partial charge in [-0.05, 0) is 55.8 Å². The van der Waals surface area contributed by atoms with E-state index in [1.165, 1.54) is 23.5 Å². The molecular formula is C25H19FN4OS. The van der Waals surface area contributed by atoms with Gasteiger partial charge in [-0.1, -0.05) is 30.3 Å². The third-order valence-electron chi connectivity index (χ3n) is 5.01. The molecule has 0 radical (unpaired) electrons. The molecule has 0 fully saturated rings. The van der Waals surface area contributed by atoms with Crippen molar-refractivity contribution in [3.05, 3.63) is 94.4 Å². The first-order valence-electron chi connectivity index (χ1n) is 9.85. The Morgan fingerprint density at radius 1 is 1.16 bits per heavy atom. The Labute approximate surface area is 189 Å². The number of aromatic nitrogens is 2. The van der Waals surface area contributed by atoms with Gasteiger partial charge in [0.2, 0.25) is 0 Å². The SMILES string of the molecule is Cc1cc(/C=C(/C#N)C(=O)Nc2nc(-c3ccccc3)cs2)c(C)n1-c1ccc(F)cc1. The lowest BCUT2D eigenvalue weighted by Gasteiger charge is -2.09. The zero-order valence-corrected chi connectivity index (χ0v) is 18.3. The van der Waals surface area contributed by atoms with Gasteiger partial charge < -0.3 is 4.57 Å². The van der Waals surface area contributed by atoms with Crippen molar-refractivity contribution in [3.63, 3.8) is 0 Å². The van der Waals surface area contributed by atoms with Gasteiger partial charge in [0.05, 0.1) is 5.69 Å². The number of carbonyl (C=O) groups excluding carboxylic acids is 1. The van der Waals surface area contributed by atoms with Crippen molar-refractivity contribution in [2.75, 3.05) is 5.32 Å². The fourth-order valence-corrected chi connectivity index (χ4v) is 4.18. The molecule has 0 saturated heterocycles. The minimum absolute atomic E-state index is 0.0270. The molecule has 0 bridgehead atoms. The maximum Gasteiger partial charge on any atom is 0.268 e. The quantitative estimate of drug-likeness (QED) is 0.309. The highest BCUT2D eigenvalue weighted by molar-refractivity contribution is 7.14. The molecule has 2 aromatic heterocycles. The molecule has 2 aromatic carbocycles. The molecule has 0 atom stereocenters. The molecule has 0 saturated carbocycles. The Bertz CT molecular complexity index is 1350. The minimum atomic E-state index is -0.520. The first-order chi connectivity index (χ1) is 15.5. The summed E-state index contributed by atoms with van der Waals surface area (Å²) in [5, 5.41) is 14.6. The van der Waals surface area contributed by atoms with Gasteiger partial charge in [-0.25, -0.2) is 9.37 Å². The van der Waals surface area contributed by atoms with Crippen molar-refractivity contribution in [3.8, 4) is 23.0 Å². The lowest BCUT2D eigenvalue weighted by Crippen LogP contribution is -2.13. The van der Waals surface area contributed by atoms with Crippen LogP contribution in [0.1, 0.15) is 17.0 Å². The molecular weight excluding hydrogens is 423 g/mol. The average Bonchev–Trinajstić information content (AvgIpc) is 3.37. The Morgan fingerprint density at radius 2 is 1.88 bits per heavy atom. The summed E-state index contributed by atoms with van der Waals surface area (Å²) >= 11 is 1.30. The van der Waals surface area contributed by atoms with Crippen LogP contribution < -0.4 is 5.32 Å². The second-order valence-electron chi connectivity index (χ2n) is 7.17. The number of anilines is 1. The first-order valence-corrected chi connectivity index (χ1v) is 10.7. The number of hydrogen-bond acceptors (Lipinski definition) is 4. The minimum Gasteiger partial charge on any atom is -0.318 e. The van der Waals surface area contributed by atoms with Crippen LogP contribution in [0.2, 0.25) is 0 Å². The van der Waals surface area contributed by atoms with Gasteiger partial charge in [-0.2, -0.15) is 5.26 Å². The van der Waals surface area contributed by atoms with Gasteiger partial charge in [-0.15, -0.1) is 11.3 Å². The van der Waals surface area contributed by atoms with E-state index in [4.69, 9.17) is 0 Å². The molecule has 158 valence electrons. The normalized spacial score (nSPS) is 11.2. The molecule has 0 aliphatic rings. The second-order valence-corrected chi connectivity index (χ2v) is 8.02. The standard InChI is InChI=1S/C25H19FN4OS/c1-16-12-19(17(2)30(16)22-10-8-21(26)9-11-22)13-20(14-27)24(31)29-25-28-23(15-32-25)18-6-4-3-5-7-18/h3-13,15H,1-2H3,(H,28,29,31)/b20-13-. The monoisotopic (exact) mass is 442 g/mol. The number of halogens is 1. The first kappa shape index (κ1) is 21.2. The van der Waals surface area contributed by atoms with Crippen LogP contribution in [0.4, 0.5) is 9.52 Å². The summed E-state index contributed by atoms with van der Waals surface area (Å²) in [6.07, 6.45) is 1.56. The van der Waals surface area contributed by atoms with E-state index >= 15 is 0 Å². The molecule has 4 aromatic rings.